The van der Waals surface area contributed by atoms with Gasteiger partial charge in [0.15, 0.2) is 11.6 Å². The molecule has 0 fully saturated rings. The van der Waals surface area contributed by atoms with E-state index in [1.807, 2.05) is 6.92 Å². The van der Waals surface area contributed by atoms with Crippen molar-refractivity contribution in [1.82, 2.24) is 0 Å². The van der Waals surface area contributed by atoms with Crippen molar-refractivity contribution in [2.45, 2.75) is 13.3 Å². The molecule has 0 aliphatic heterocycles. The van der Waals surface area contributed by atoms with Crippen LogP contribution in [0.3, 0.4) is 0 Å². The average molecular weight is 240 g/mol. The lowest BCUT2D eigenvalue weighted by atomic mass is 10.1. The van der Waals surface area contributed by atoms with Gasteiger partial charge in [-0.05, 0) is 24.6 Å². The quantitative estimate of drug-likeness (QED) is 0.824. The summed E-state index contributed by atoms with van der Waals surface area (Å²) in [6, 6.07) is 4.18. The Balaban J connectivity index is 2.65. The highest BCUT2D eigenvalue weighted by Crippen LogP contribution is 2.21. The highest BCUT2D eigenvalue weighted by Gasteiger charge is 2.09. The van der Waals surface area contributed by atoms with Crippen LogP contribution in [0.1, 0.15) is 13.3 Å². The molecule has 0 aliphatic carbocycles. The number of nitrogens with one attached hydrogen (secondary N) is 1. The van der Waals surface area contributed by atoms with Gasteiger partial charge in [0.2, 0.25) is 5.91 Å². The highest BCUT2D eigenvalue weighted by atomic mass is 19.1. The minimum absolute atomic E-state index is 0.106. The number of anilines is 1. The van der Waals surface area contributed by atoms with E-state index in [0.29, 0.717) is 18.7 Å². The summed E-state index contributed by atoms with van der Waals surface area (Å²) in [7, 11) is 1.38. The molecular weight excluding hydrogens is 223 g/mol. The van der Waals surface area contributed by atoms with Gasteiger partial charge in [0.1, 0.15) is 0 Å². The van der Waals surface area contributed by atoms with E-state index in [1.54, 1.807) is 0 Å². The Morgan fingerprint density at radius 3 is 2.88 bits per heavy atom. The van der Waals surface area contributed by atoms with Crippen molar-refractivity contribution in [2.24, 2.45) is 11.7 Å². The molecule has 1 rings (SSSR count). The van der Waals surface area contributed by atoms with Gasteiger partial charge < -0.3 is 15.8 Å². The summed E-state index contributed by atoms with van der Waals surface area (Å²) in [4.78, 5) is 11.6. The molecule has 0 aliphatic rings. The van der Waals surface area contributed by atoms with Gasteiger partial charge in [-0.2, -0.15) is 0 Å². The van der Waals surface area contributed by atoms with Gasteiger partial charge in [0, 0.05) is 18.2 Å². The number of benzene rings is 1. The van der Waals surface area contributed by atoms with E-state index >= 15 is 0 Å². The predicted molar refractivity (Wildman–Crippen MR) is 64.4 cm³/mol. The van der Waals surface area contributed by atoms with Crippen molar-refractivity contribution in [2.75, 3.05) is 19.0 Å². The molecule has 0 saturated carbocycles. The second-order valence-electron chi connectivity index (χ2n) is 3.94. The Kier molecular flexibility index (Phi) is 4.90. The first-order chi connectivity index (χ1) is 8.06. The molecule has 0 saturated heterocycles. The third-order valence-electron chi connectivity index (χ3n) is 2.37. The fraction of sp³-hybridized carbons (Fsp3) is 0.417. The molecule has 3 N–H and O–H groups in total. The molecule has 0 radical (unpaired) electrons. The predicted octanol–water partition coefficient (Wildman–Crippen LogP) is 1.76. The fourth-order valence-corrected chi connectivity index (χ4v) is 1.35. The van der Waals surface area contributed by atoms with Crippen LogP contribution in [0.25, 0.3) is 0 Å². The molecule has 5 heteroatoms. The molecule has 1 atom stereocenters. The van der Waals surface area contributed by atoms with Crippen molar-refractivity contribution in [3.63, 3.8) is 0 Å². The molecule has 4 nitrogen and oxygen atoms in total. The van der Waals surface area contributed by atoms with Crippen LogP contribution in [0.2, 0.25) is 0 Å². The Morgan fingerprint density at radius 1 is 1.59 bits per heavy atom. The maximum atomic E-state index is 13.1. The maximum absolute atomic E-state index is 13.1. The maximum Gasteiger partial charge on any atom is 0.224 e. The molecule has 1 aromatic carbocycles. The SMILES string of the molecule is COc1cc(NC(=O)CC(C)CN)ccc1F. The standard InChI is InChI=1S/C12H17FN2O2/c1-8(7-14)5-12(16)15-9-3-4-10(13)11(6-9)17-2/h3-4,6,8H,5,7,14H2,1-2H3,(H,15,16). The number of nitrogens with two attached hydrogens (primary N) is 1. The van der Waals surface area contributed by atoms with E-state index < -0.39 is 5.82 Å². The monoisotopic (exact) mass is 240 g/mol. The summed E-state index contributed by atoms with van der Waals surface area (Å²) in [6.07, 6.45) is 0.343. The summed E-state index contributed by atoms with van der Waals surface area (Å²) >= 11 is 0. The number of methoxy groups -OCH3 is 1. The molecule has 17 heavy (non-hydrogen) atoms. The zero-order valence-corrected chi connectivity index (χ0v) is 10.00. The Bertz CT molecular complexity index is 396. The minimum Gasteiger partial charge on any atom is -0.494 e. The van der Waals surface area contributed by atoms with E-state index in [1.165, 1.54) is 25.3 Å². The molecule has 0 aromatic heterocycles. The molecule has 1 amide bonds. The number of amides is 1. The molecule has 94 valence electrons. The number of carbonyl (C=O) groups excluding carboxylic acids is 1. The van der Waals surface area contributed by atoms with E-state index in [4.69, 9.17) is 10.5 Å². The number of ether oxygens (including phenoxy) is 1. The lowest BCUT2D eigenvalue weighted by Gasteiger charge is -2.10. The van der Waals surface area contributed by atoms with Crippen LogP contribution in [-0.4, -0.2) is 19.6 Å². The van der Waals surface area contributed by atoms with Crippen LogP contribution >= 0.6 is 0 Å². The van der Waals surface area contributed by atoms with Crippen LogP contribution in [0, 0.1) is 11.7 Å². The van der Waals surface area contributed by atoms with Gasteiger partial charge in [0.05, 0.1) is 7.11 Å². The zero-order valence-electron chi connectivity index (χ0n) is 10.00. The Labute approximate surface area is 100.0 Å². The molecule has 0 spiro atoms. The van der Waals surface area contributed by atoms with Crippen LogP contribution < -0.4 is 15.8 Å². The van der Waals surface area contributed by atoms with Gasteiger partial charge in [-0.1, -0.05) is 6.92 Å². The second-order valence-corrected chi connectivity index (χ2v) is 3.94. The number of halogens is 1. The molecule has 0 heterocycles. The van der Waals surface area contributed by atoms with Gasteiger partial charge in [-0.25, -0.2) is 4.39 Å². The normalized spacial score (nSPS) is 12.0. The van der Waals surface area contributed by atoms with Crippen LogP contribution in [-0.2, 0) is 4.79 Å². The molecule has 0 bridgehead atoms. The molecule has 1 aromatic rings. The fourth-order valence-electron chi connectivity index (χ4n) is 1.35. The van der Waals surface area contributed by atoms with Crippen molar-refractivity contribution in [1.29, 1.82) is 0 Å². The summed E-state index contributed by atoms with van der Waals surface area (Å²) in [5.41, 5.74) is 5.94. The first kappa shape index (κ1) is 13.4. The van der Waals surface area contributed by atoms with Crippen molar-refractivity contribution >= 4 is 11.6 Å². The summed E-state index contributed by atoms with van der Waals surface area (Å²) in [5.74, 6) is -0.371. The lowest BCUT2D eigenvalue weighted by molar-refractivity contribution is -0.116. The van der Waals surface area contributed by atoms with Crippen LogP contribution in [0.4, 0.5) is 10.1 Å². The average Bonchev–Trinajstić information content (AvgIpc) is 2.31. The van der Waals surface area contributed by atoms with Crippen molar-refractivity contribution < 1.29 is 13.9 Å². The second kappa shape index (κ2) is 6.20. The summed E-state index contributed by atoms with van der Waals surface area (Å²) in [5, 5.41) is 2.67. The number of hydrogen-bond acceptors (Lipinski definition) is 3. The molecular formula is C12H17FN2O2. The third-order valence-corrected chi connectivity index (χ3v) is 2.37. The number of hydrogen-bond donors (Lipinski definition) is 2. The third kappa shape index (κ3) is 4.03. The largest absolute Gasteiger partial charge is 0.494 e. The van der Waals surface area contributed by atoms with Crippen molar-refractivity contribution in [3.05, 3.63) is 24.0 Å². The smallest absolute Gasteiger partial charge is 0.224 e. The zero-order chi connectivity index (χ0) is 12.8. The summed E-state index contributed by atoms with van der Waals surface area (Å²) < 4.78 is 17.9. The van der Waals surface area contributed by atoms with Gasteiger partial charge in [-0.15, -0.1) is 0 Å². The van der Waals surface area contributed by atoms with Gasteiger partial charge in [0.25, 0.3) is 0 Å². The number of carbonyl (C=O) groups is 1. The summed E-state index contributed by atoms with van der Waals surface area (Å²) in [6.45, 7) is 2.35. The minimum atomic E-state index is -0.458. The Hall–Kier alpha value is -1.62. The first-order valence-electron chi connectivity index (χ1n) is 5.40. The first-order valence-corrected chi connectivity index (χ1v) is 5.40. The van der Waals surface area contributed by atoms with Gasteiger partial charge >= 0.3 is 0 Å². The topological polar surface area (TPSA) is 64.3 Å². The van der Waals surface area contributed by atoms with Crippen LogP contribution in [0.15, 0.2) is 18.2 Å². The Morgan fingerprint density at radius 2 is 2.29 bits per heavy atom. The van der Waals surface area contributed by atoms with E-state index in [-0.39, 0.29) is 17.6 Å². The van der Waals surface area contributed by atoms with E-state index in [9.17, 15) is 9.18 Å². The van der Waals surface area contributed by atoms with Gasteiger partial charge in [-0.3, -0.25) is 4.79 Å². The highest BCUT2D eigenvalue weighted by molar-refractivity contribution is 5.91. The van der Waals surface area contributed by atoms with E-state index in [0.717, 1.165) is 0 Å². The lowest BCUT2D eigenvalue weighted by Crippen LogP contribution is -2.20. The van der Waals surface area contributed by atoms with Crippen LogP contribution in [0.5, 0.6) is 5.75 Å². The van der Waals surface area contributed by atoms with E-state index in [2.05, 4.69) is 5.32 Å². The van der Waals surface area contributed by atoms with Crippen molar-refractivity contribution in [3.8, 4) is 5.75 Å². The molecule has 1 unspecified atom stereocenters. The number of rotatable bonds is 5.